The first-order valence-corrected chi connectivity index (χ1v) is 7.99. The van der Waals surface area contributed by atoms with Crippen molar-refractivity contribution in [3.05, 3.63) is 47.9 Å². The van der Waals surface area contributed by atoms with E-state index in [1.54, 1.807) is 19.1 Å². The molecule has 2 aromatic rings. The van der Waals surface area contributed by atoms with Gasteiger partial charge in [-0.3, -0.25) is 4.79 Å². The first-order chi connectivity index (χ1) is 12.5. The van der Waals surface area contributed by atoms with E-state index in [2.05, 4.69) is 5.32 Å². The summed E-state index contributed by atoms with van der Waals surface area (Å²) in [6, 6.07) is 7.56. The molecule has 140 valence electrons. The Balaban J connectivity index is 2.16. The summed E-state index contributed by atoms with van der Waals surface area (Å²) >= 11 is 0. The number of methoxy groups -OCH3 is 1. The Hall–Kier alpha value is -3.00. The second-order valence-electron chi connectivity index (χ2n) is 5.27. The van der Waals surface area contributed by atoms with E-state index in [4.69, 9.17) is 23.7 Å². The minimum atomic E-state index is -1.10. The standard InChI is InChI=1S/C18H21NO7/c1-3-24-16-9-12(6-7-15(16)26-11-17(20)21)18(22)19-13(10-23-2)14-5-4-8-25-14/h4-9,13H,3,10-11H2,1-2H3,(H,19,22)(H,20,21). The molecular formula is C18H21NO7. The minimum absolute atomic E-state index is 0.247. The number of carbonyl (C=O) groups excluding carboxylic acids is 1. The molecular weight excluding hydrogens is 342 g/mol. The van der Waals surface area contributed by atoms with E-state index in [9.17, 15) is 9.59 Å². The molecule has 1 aromatic carbocycles. The second-order valence-corrected chi connectivity index (χ2v) is 5.27. The van der Waals surface area contributed by atoms with E-state index in [1.165, 1.54) is 31.6 Å². The fraction of sp³-hybridized carbons (Fsp3) is 0.333. The van der Waals surface area contributed by atoms with Crippen LogP contribution < -0.4 is 14.8 Å². The van der Waals surface area contributed by atoms with E-state index in [1.807, 2.05) is 0 Å². The fourth-order valence-electron chi connectivity index (χ4n) is 2.27. The lowest BCUT2D eigenvalue weighted by molar-refractivity contribution is -0.139. The van der Waals surface area contributed by atoms with Crippen molar-refractivity contribution in [3.63, 3.8) is 0 Å². The summed E-state index contributed by atoms with van der Waals surface area (Å²) in [5.74, 6) is -0.330. The molecule has 8 nitrogen and oxygen atoms in total. The fourth-order valence-corrected chi connectivity index (χ4v) is 2.27. The maximum Gasteiger partial charge on any atom is 0.341 e. The van der Waals surface area contributed by atoms with Gasteiger partial charge in [-0.25, -0.2) is 4.79 Å². The molecule has 0 fully saturated rings. The van der Waals surface area contributed by atoms with E-state index in [0.29, 0.717) is 23.7 Å². The molecule has 0 saturated carbocycles. The molecule has 1 atom stereocenters. The number of benzene rings is 1. The lowest BCUT2D eigenvalue weighted by Gasteiger charge is -2.17. The number of hydrogen-bond donors (Lipinski definition) is 2. The van der Waals surface area contributed by atoms with Crippen LogP contribution in [0.4, 0.5) is 0 Å². The summed E-state index contributed by atoms with van der Waals surface area (Å²) in [5, 5.41) is 11.6. The second kappa shape index (κ2) is 9.47. The highest BCUT2D eigenvalue weighted by molar-refractivity contribution is 5.95. The maximum atomic E-state index is 12.6. The number of carboxylic acid groups (broad SMARTS) is 1. The van der Waals surface area contributed by atoms with E-state index in [0.717, 1.165) is 0 Å². The average Bonchev–Trinajstić information content (AvgIpc) is 3.15. The van der Waals surface area contributed by atoms with Crippen LogP contribution in [0, 0.1) is 0 Å². The number of carboxylic acids is 1. The van der Waals surface area contributed by atoms with Crippen molar-refractivity contribution in [2.75, 3.05) is 26.9 Å². The van der Waals surface area contributed by atoms with Gasteiger partial charge in [0.05, 0.1) is 19.5 Å². The third-order valence-corrected chi connectivity index (χ3v) is 3.38. The number of ether oxygens (including phenoxy) is 3. The molecule has 1 amide bonds. The molecule has 0 bridgehead atoms. The highest BCUT2D eigenvalue weighted by Crippen LogP contribution is 2.29. The Bertz CT molecular complexity index is 727. The monoisotopic (exact) mass is 363 g/mol. The Kier molecular flexibility index (Phi) is 7.04. The van der Waals surface area contributed by atoms with Gasteiger partial charge in [-0.1, -0.05) is 0 Å². The molecule has 0 aliphatic carbocycles. The van der Waals surface area contributed by atoms with Gasteiger partial charge in [0.1, 0.15) is 11.8 Å². The van der Waals surface area contributed by atoms with Gasteiger partial charge in [0, 0.05) is 12.7 Å². The zero-order valence-corrected chi connectivity index (χ0v) is 14.6. The minimum Gasteiger partial charge on any atom is -0.490 e. The predicted molar refractivity (Wildman–Crippen MR) is 91.5 cm³/mol. The summed E-state index contributed by atoms with van der Waals surface area (Å²) in [6.07, 6.45) is 1.52. The first kappa shape index (κ1) is 19.3. The van der Waals surface area contributed by atoms with Gasteiger partial charge in [-0.15, -0.1) is 0 Å². The molecule has 2 rings (SSSR count). The first-order valence-electron chi connectivity index (χ1n) is 7.99. The Labute approximate surface area is 150 Å². The topological polar surface area (TPSA) is 107 Å². The van der Waals surface area contributed by atoms with Crippen LogP contribution in [0.15, 0.2) is 41.0 Å². The van der Waals surface area contributed by atoms with Crippen LogP contribution in [0.25, 0.3) is 0 Å². The molecule has 0 saturated heterocycles. The largest absolute Gasteiger partial charge is 0.490 e. The van der Waals surface area contributed by atoms with Crippen molar-refractivity contribution in [2.45, 2.75) is 13.0 Å². The predicted octanol–water partition coefficient (Wildman–Crippen LogP) is 2.26. The van der Waals surface area contributed by atoms with Crippen molar-refractivity contribution in [1.29, 1.82) is 0 Å². The van der Waals surface area contributed by atoms with Crippen molar-refractivity contribution in [2.24, 2.45) is 0 Å². The zero-order chi connectivity index (χ0) is 18.9. The summed E-state index contributed by atoms with van der Waals surface area (Å²) in [5.41, 5.74) is 0.337. The number of nitrogens with one attached hydrogen (secondary N) is 1. The molecule has 8 heteroatoms. The molecule has 1 unspecified atom stereocenters. The van der Waals surface area contributed by atoms with Crippen molar-refractivity contribution < 1.29 is 33.3 Å². The van der Waals surface area contributed by atoms with Gasteiger partial charge in [0.2, 0.25) is 0 Å². The quantitative estimate of drug-likeness (QED) is 0.667. The van der Waals surface area contributed by atoms with E-state index < -0.39 is 18.6 Å². The molecule has 2 N–H and O–H groups in total. The summed E-state index contributed by atoms with van der Waals surface area (Å²) < 4.78 is 21.1. The summed E-state index contributed by atoms with van der Waals surface area (Å²) in [4.78, 5) is 23.2. The Morgan fingerprint density at radius 2 is 2.04 bits per heavy atom. The molecule has 1 heterocycles. The normalized spacial score (nSPS) is 11.6. The van der Waals surface area contributed by atoms with Crippen LogP contribution in [0.1, 0.15) is 29.1 Å². The Morgan fingerprint density at radius 3 is 2.65 bits per heavy atom. The molecule has 0 aliphatic rings. The van der Waals surface area contributed by atoms with Gasteiger partial charge in [-0.2, -0.15) is 0 Å². The number of furan rings is 1. The third kappa shape index (κ3) is 5.25. The molecule has 26 heavy (non-hydrogen) atoms. The number of amides is 1. The van der Waals surface area contributed by atoms with Gasteiger partial charge in [0.15, 0.2) is 18.1 Å². The van der Waals surface area contributed by atoms with Gasteiger partial charge in [0.25, 0.3) is 5.91 Å². The number of carbonyl (C=O) groups is 2. The highest BCUT2D eigenvalue weighted by Gasteiger charge is 2.19. The SMILES string of the molecule is CCOc1cc(C(=O)NC(COC)c2ccco2)ccc1OCC(=O)O. The zero-order valence-electron chi connectivity index (χ0n) is 14.6. The lowest BCUT2D eigenvalue weighted by Crippen LogP contribution is -2.31. The lowest BCUT2D eigenvalue weighted by atomic mass is 10.1. The third-order valence-electron chi connectivity index (χ3n) is 3.38. The Morgan fingerprint density at radius 1 is 1.23 bits per heavy atom. The van der Waals surface area contributed by atoms with Gasteiger partial charge < -0.3 is 29.1 Å². The van der Waals surface area contributed by atoms with Gasteiger partial charge >= 0.3 is 5.97 Å². The van der Waals surface area contributed by atoms with E-state index in [-0.39, 0.29) is 18.3 Å². The van der Waals surface area contributed by atoms with Crippen LogP contribution in [-0.4, -0.2) is 43.9 Å². The average molecular weight is 363 g/mol. The summed E-state index contributed by atoms with van der Waals surface area (Å²) in [6.45, 7) is 1.86. The maximum absolute atomic E-state index is 12.6. The van der Waals surface area contributed by atoms with Crippen LogP contribution in [0.3, 0.4) is 0 Å². The van der Waals surface area contributed by atoms with Crippen LogP contribution in [0.2, 0.25) is 0 Å². The number of rotatable bonds is 10. The summed E-state index contributed by atoms with van der Waals surface area (Å²) in [7, 11) is 1.53. The van der Waals surface area contributed by atoms with Crippen molar-refractivity contribution in [3.8, 4) is 11.5 Å². The number of aliphatic carboxylic acids is 1. The van der Waals surface area contributed by atoms with Crippen LogP contribution in [-0.2, 0) is 9.53 Å². The molecule has 0 aliphatic heterocycles. The van der Waals surface area contributed by atoms with Crippen molar-refractivity contribution in [1.82, 2.24) is 5.32 Å². The smallest absolute Gasteiger partial charge is 0.341 e. The molecule has 0 radical (unpaired) electrons. The van der Waals surface area contributed by atoms with Crippen LogP contribution in [0.5, 0.6) is 11.5 Å². The van der Waals surface area contributed by atoms with E-state index >= 15 is 0 Å². The molecule has 0 spiro atoms. The van der Waals surface area contributed by atoms with Crippen molar-refractivity contribution >= 4 is 11.9 Å². The van der Waals surface area contributed by atoms with Gasteiger partial charge in [-0.05, 0) is 37.3 Å². The molecule has 1 aromatic heterocycles. The highest BCUT2D eigenvalue weighted by atomic mass is 16.5. The van der Waals surface area contributed by atoms with Crippen LogP contribution >= 0.6 is 0 Å². The number of hydrogen-bond acceptors (Lipinski definition) is 6.